The highest BCUT2D eigenvalue weighted by atomic mass is 79.9. The molecule has 0 amide bonds. The topological polar surface area (TPSA) is 26.3 Å². The Balaban J connectivity index is 2.31. The third-order valence-electron chi connectivity index (χ3n) is 4.37. The largest absolute Gasteiger partial charge is 0.496 e. The van der Waals surface area contributed by atoms with Gasteiger partial charge < -0.3 is 4.74 Å². The number of halogens is 4. The summed E-state index contributed by atoms with van der Waals surface area (Å²) < 4.78 is 43.7. The van der Waals surface area contributed by atoms with E-state index in [-0.39, 0.29) is 21.6 Å². The average molecular weight is 379 g/mol. The van der Waals surface area contributed by atoms with Crippen LogP contribution < -0.4 is 4.74 Å². The Bertz CT molecular complexity index is 569. The molecule has 2 atom stereocenters. The van der Waals surface area contributed by atoms with Gasteiger partial charge in [-0.1, -0.05) is 19.8 Å². The summed E-state index contributed by atoms with van der Waals surface area (Å²) in [6.45, 7) is 2.12. The van der Waals surface area contributed by atoms with Gasteiger partial charge in [-0.25, -0.2) is 0 Å². The van der Waals surface area contributed by atoms with Crippen molar-refractivity contribution < 1.29 is 22.7 Å². The lowest BCUT2D eigenvalue weighted by Crippen LogP contribution is -2.14. The third kappa shape index (κ3) is 3.65. The molecule has 2 nitrogen and oxygen atoms in total. The fraction of sp³-hybridized carbons (Fsp3) is 0.562. The number of hydrogen-bond donors (Lipinski definition) is 0. The minimum Gasteiger partial charge on any atom is -0.496 e. The van der Waals surface area contributed by atoms with Crippen LogP contribution >= 0.6 is 15.9 Å². The van der Waals surface area contributed by atoms with Crippen molar-refractivity contribution in [2.24, 2.45) is 11.8 Å². The third-order valence-corrected chi connectivity index (χ3v) is 4.99. The second-order valence-electron chi connectivity index (χ2n) is 5.83. The highest BCUT2D eigenvalue weighted by Crippen LogP contribution is 2.40. The maximum absolute atomic E-state index is 12.8. The summed E-state index contributed by atoms with van der Waals surface area (Å²) in [4.78, 5) is 12.5. The zero-order valence-electron chi connectivity index (χ0n) is 12.5. The van der Waals surface area contributed by atoms with E-state index in [0.717, 1.165) is 31.4 Å². The summed E-state index contributed by atoms with van der Waals surface area (Å²) in [5, 5.41) is 0. The van der Waals surface area contributed by atoms with E-state index < -0.39 is 11.7 Å². The molecule has 1 aliphatic rings. The molecular weight excluding hydrogens is 361 g/mol. The quantitative estimate of drug-likeness (QED) is 0.647. The van der Waals surface area contributed by atoms with E-state index in [2.05, 4.69) is 22.9 Å². The molecular formula is C16H18BrF3O2. The summed E-state index contributed by atoms with van der Waals surface area (Å²) in [5.74, 6) is 0.572. The zero-order chi connectivity index (χ0) is 16.5. The molecule has 2 rings (SSSR count). The molecule has 1 aromatic carbocycles. The van der Waals surface area contributed by atoms with Crippen LogP contribution in [-0.4, -0.2) is 12.9 Å². The molecule has 0 aromatic heterocycles. The summed E-state index contributed by atoms with van der Waals surface area (Å²) in [7, 11) is 1.27. The van der Waals surface area contributed by atoms with Crippen molar-refractivity contribution in [1.82, 2.24) is 0 Å². The second kappa shape index (κ2) is 6.60. The van der Waals surface area contributed by atoms with E-state index in [1.54, 1.807) is 0 Å². The molecule has 1 saturated carbocycles. The van der Waals surface area contributed by atoms with Gasteiger partial charge in [-0.2, -0.15) is 13.2 Å². The number of carbonyl (C=O) groups is 1. The minimum absolute atomic E-state index is 0.0302. The predicted molar refractivity (Wildman–Crippen MR) is 81.1 cm³/mol. The van der Waals surface area contributed by atoms with Gasteiger partial charge in [-0.3, -0.25) is 4.79 Å². The van der Waals surface area contributed by atoms with E-state index in [1.807, 2.05) is 0 Å². The number of methoxy groups -OCH3 is 1. The van der Waals surface area contributed by atoms with Gasteiger partial charge >= 0.3 is 6.18 Å². The summed E-state index contributed by atoms with van der Waals surface area (Å²) in [5.41, 5.74) is -0.628. The molecule has 0 radical (unpaired) electrons. The van der Waals surface area contributed by atoms with Gasteiger partial charge in [0.2, 0.25) is 0 Å². The van der Waals surface area contributed by atoms with Gasteiger partial charge in [0.25, 0.3) is 0 Å². The van der Waals surface area contributed by atoms with Crippen molar-refractivity contribution >= 4 is 21.7 Å². The number of ether oxygens (including phenoxy) is 1. The molecule has 0 bridgehead atoms. The first kappa shape index (κ1) is 17.3. The van der Waals surface area contributed by atoms with Crippen molar-refractivity contribution in [2.45, 2.75) is 38.8 Å². The van der Waals surface area contributed by atoms with Gasteiger partial charge in [0.05, 0.1) is 18.2 Å². The lowest BCUT2D eigenvalue weighted by atomic mass is 9.90. The number of alkyl halides is 3. The summed E-state index contributed by atoms with van der Waals surface area (Å²) >= 11 is 3.10. The summed E-state index contributed by atoms with van der Waals surface area (Å²) in [6.07, 6.45) is -0.931. The molecule has 0 saturated heterocycles. The van der Waals surface area contributed by atoms with E-state index in [0.29, 0.717) is 18.3 Å². The Morgan fingerprint density at radius 2 is 2.05 bits per heavy atom. The van der Waals surface area contributed by atoms with Crippen LogP contribution in [-0.2, 0) is 6.18 Å². The number of carbonyl (C=O) groups excluding carboxylic acids is 1. The lowest BCUT2D eigenvalue weighted by molar-refractivity contribution is -0.137. The number of Topliss-reactive ketones (excluding diaryl/α,β-unsaturated/α-hetero) is 1. The van der Waals surface area contributed by atoms with Crippen LogP contribution in [0.15, 0.2) is 16.6 Å². The van der Waals surface area contributed by atoms with Crippen molar-refractivity contribution in [3.63, 3.8) is 0 Å². The van der Waals surface area contributed by atoms with Crippen LogP contribution in [0.2, 0.25) is 0 Å². The zero-order valence-corrected chi connectivity index (χ0v) is 14.1. The van der Waals surface area contributed by atoms with Crippen molar-refractivity contribution in [2.75, 3.05) is 7.11 Å². The van der Waals surface area contributed by atoms with Crippen molar-refractivity contribution in [1.29, 1.82) is 0 Å². The van der Waals surface area contributed by atoms with E-state index >= 15 is 0 Å². The van der Waals surface area contributed by atoms with E-state index in [4.69, 9.17) is 4.74 Å². The highest BCUT2D eigenvalue weighted by Gasteiger charge is 2.34. The first-order valence-electron chi connectivity index (χ1n) is 7.22. The molecule has 0 heterocycles. The lowest BCUT2D eigenvalue weighted by Gasteiger charge is -2.17. The molecule has 6 heteroatoms. The number of ketones is 1. The molecule has 0 aliphatic heterocycles. The minimum atomic E-state index is -4.47. The first-order chi connectivity index (χ1) is 10.2. The van der Waals surface area contributed by atoms with Crippen LogP contribution in [0.5, 0.6) is 5.75 Å². The number of benzene rings is 1. The molecule has 0 spiro atoms. The average Bonchev–Trinajstić information content (AvgIpc) is 2.82. The molecule has 0 N–H and O–H groups in total. The van der Waals surface area contributed by atoms with Crippen molar-refractivity contribution in [3.8, 4) is 5.75 Å². The maximum atomic E-state index is 12.8. The Morgan fingerprint density at radius 3 is 2.55 bits per heavy atom. The molecule has 22 heavy (non-hydrogen) atoms. The van der Waals surface area contributed by atoms with E-state index in [9.17, 15) is 18.0 Å². The Labute approximate surface area is 136 Å². The number of hydrogen-bond acceptors (Lipinski definition) is 2. The van der Waals surface area contributed by atoms with Crippen LogP contribution in [0.3, 0.4) is 0 Å². The fourth-order valence-corrected chi connectivity index (χ4v) is 3.71. The molecule has 1 fully saturated rings. The molecule has 1 aliphatic carbocycles. The smallest absolute Gasteiger partial charge is 0.416 e. The SMILES string of the molecule is COc1cc(C(F)(F)F)cc(Br)c1C(=O)CC1CCCC1C. The predicted octanol–water partition coefficient (Wildman–Crippen LogP) is 5.49. The molecule has 1 aromatic rings. The van der Waals surface area contributed by atoms with Crippen LogP contribution in [0.25, 0.3) is 0 Å². The van der Waals surface area contributed by atoms with Gasteiger partial charge in [-0.05, 0) is 46.3 Å². The fourth-order valence-electron chi connectivity index (χ4n) is 3.04. The Kier molecular flexibility index (Phi) is 5.20. The van der Waals surface area contributed by atoms with Crippen LogP contribution in [0.4, 0.5) is 13.2 Å². The van der Waals surface area contributed by atoms with E-state index in [1.165, 1.54) is 7.11 Å². The highest BCUT2D eigenvalue weighted by molar-refractivity contribution is 9.10. The molecule has 122 valence electrons. The Hall–Kier alpha value is -1.04. The van der Waals surface area contributed by atoms with Crippen LogP contribution in [0, 0.1) is 11.8 Å². The second-order valence-corrected chi connectivity index (χ2v) is 6.68. The monoisotopic (exact) mass is 378 g/mol. The Morgan fingerprint density at radius 1 is 1.36 bits per heavy atom. The van der Waals surface area contributed by atoms with Gasteiger partial charge in [-0.15, -0.1) is 0 Å². The van der Waals surface area contributed by atoms with Gasteiger partial charge in [0.1, 0.15) is 5.75 Å². The number of rotatable bonds is 4. The van der Waals surface area contributed by atoms with Gasteiger partial charge in [0.15, 0.2) is 5.78 Å². The normalized spacial score (nSPS) is 21.9. The first-order valence-corrected chi connectivity index (χ1v) is 8.01. The molecule has 2 unspecified atom stereocenters. The van der Waals surface area contributed by atoms with Crippen LogP contribution in [0.1, 0.15) is 48.5 Å². The summed E-state index contributed by atoms with van der Waals surface area (Å²) in [6, 6.07) is 1.82. The standard InChI is InChI=1S/C16H18BrF3O2/c1-9-4-3-5-10(9)6-13(21)15-12(17)7-11(16(18,19)20)8-14(15)22-2/h7-10H,3-6H2,1-2H3. The van der Waals surface area contributed by atoms with Gasteiger partial charge in [0, 0.05) is 10.9 Å². The maximum Gasteiger partial charge on any atom is 0.416 e. The van der Waals surface area contributed by atoms with Crippen molar-refractivity contribution in [3.05, 3.63) is 27.7 Å².